The molecule has 1 aliphatic rings. The topological polar surface area (TPSA) is 72.2 Å². The molecule has 18 heavy (non-hydrogen) atoms. The maximum atomic E-state index is 13.0. The lowest BCUT2D eigenvalue weighted by Crippen LogP contribution is -2.29. The number of anilines is 1. The second-order valence-corrected chi connectivity index (χ2v) is 7.18. The van der Waals surface area contributed by atoms with Gasteiger partial charge in [-0.25, -0.2) is 17.5 Å². The molecule has 2 rings (SSSR count). The van der Waals surface area contributed by atoms with E-state index in [2.05, 4.69) is 4.72 Å². The van der Waals surface area contributed by atoms with Gasteiger partial charge in [-0.2, -0.15) is 11.8 Å². The van der Waals surface area contributed by atoms with E-state index in [1.54, 1.807) is 0 Å². The molecule has 1 aromatic carbocycles. The summed E-state index contributed by atoms with van der Waals surface area (Å²) in [6.45, 7) is 0.423. The smallest absolute Gasteiger partial charge is 0.240 e. The lowest BCUT2D eigenvalue weighted by Gasteiger charge is -2.11. The Morgan fingerprint density at radius 1 is 1.50 bits per heavy atom. The van der Waals surface area contributed by atoms with Crippen LogP contribution in [0.3, 0.4) is 0 Å². The van der Waals surface area contributed by atoms with Gasteiger partial charge >= 0.3 is 0 Å². The minimum absolute atomic E-state index is 0.00653. The summed E-state index contributed by atoms with van der Waals surface area (Å²) < 4.78 is 39.4. The number of thioether (sulfide) groups is 1. The van der Waals surface area contributed by atoms with Crippen molar-refractivity contribution in [1.29, 1.82) is 0 Å². The predicted molar refractivity (Wildman–Crippen MR) is 71.4 cm³/mol. The second-order valence-electron chi connectivity index (χ2n) is 4.26. The van der Waals surface area contributed by atoms with Gasteiger partial charge in [-0.05, 0) is 42.0 Å². The van der Waals surface area contributed by atoms with Gasteiger partial charge in [0, 0.05) is 6.54 Å². The van der Waals surface area contributed by atoms with E-state index >= 15 is 0 Å². The van der Waals surface area contributed by atoms with Crippen molar-refractivity contribution in [3.8, 4) is 0 Å². The third-order valence-corrected chi connectivity index (χ3v) is 5.52. The van der Waals surface area contributed by atoms with Crippen molar-refractivity contribution in [3.63, 3.8) is 0 Å². The summed E-state index contributed by atoms with van der Waals surface area (Å²) in [6.07, 6.45) is 1.03. The van der Waals surface area contributed by atoms with Gasteiger partial charge in [0.15, 0.2) is 0 Å². The third kappa shape index (κ3) is 3.15. The Labute approximate surface area is 110 Å². The Hall–Kier alpha value is -0.790. The minimum atomic E-state index is -3.59. The maximum Gasteiger partial charge on any atom is 0.240 e. The van der Waals surface area contributed by atoms with Gasteiger partial charge in [-0.1, -0.05) is 0 Å². The lowest BCUT2D eigenvalue weighted by molar-refractivity contribution is 0.545. The van der Waals surface area contributed by atoms with Gasteiger partial charge in [0.2, 0.25) is 10.0 Å². The number of halogens is 1. The molecule has 100 valence electrons. The van der Waals surface area contributed by atoms with Crippen LogP contribution in [0.2, 0.25) is 0 Å². The normalized spacial score (nSPS) is 20.2. The minimum Gasteiger partial charge on any atom is -0.396 e. The molecule has 1 fully saturated rings. The van der Waals surface area contributed by atoms with Crippen LogP contribution in [-0.4, -0.2) is 26.5 Å². The van der Waals surface area contributed by atoms with Crippen LogP contribution in [0.4, 0.5) is 10.1 Å². The highest BCUT2D eigenvalue weighted by atomic mass is 32.2. The quantitative estimate of drug-likeness (QED) is 0.823. The molecular formula is C11H15FN2O2S2. The van der Waals surface area contributed by atoms with Gasteiger partial charge in [0.25, 0.3) is 0 Å². The zero-order chi connectivity index (χ0) is 13.2. The van der Waals surface area contributed by atoms with Crippen molar-refractivity contribution >= 4 is 27.5 Å². The largest absolute Gasteiger partial charge is 0.396 e. The van der Waals surface area contributed by atoms with E-state index in [0.29, 0.717) is 12.5 Å². The van der Waals surface area contributed by atoms with E-state index in [1.165, 1.54) is 6.07 Å². The van der Waals surface area contributed by atoms with Crippen molar-refractivity contribution in [3.05, 3.63) is 24.0 Å². The predicted octanol–water partition coefficient (Wildman–Crippen LogP) is 1.44. The fourth-order valence-corrected chi connectivity index (χ4v) is 4.18. The van der Waals surface area contributed by atoms with Crippen LogP contribution in [-0.2, 0) is 10.0 Å². The number of hydrogen-bond acceptors (Lipinski definition) is 4. The van der Waals surface area contributed by atoms with Gasteiger partial charge in [0.1, 0.15) is 5.82 Å². The molecule has 0 aromatic heterocycles. The average molecular weight is 290 g/mol. The molecule has 0 amide bonds. The first-order valence-electron chi connectivity index (χ1n) is 5.61. The highest BCUT2D eigenvalue weighted by Crippen LogP contribution is 2.23. The van der Waals surface area contributed by atoms with Crippen molar-refractivity contribution < 1.29 is 12.8 Å². The zero-order valence-electron chi connectivity index (χ0n) is 9.73. The molecule has 0 spiro atoms. The lowest BCUT2D eigenvalue weighted by atomic mass is 10.1. The summed E-state index contributed by atoms with van der Waals surface area (Å²) in [4.78, 5) is 0.00653. The first kappa shape index (κ1) is 13.6. The van der Waals surface area contributed by atoms with Crippen LogP contribution in [0.1, 0.15) is 6.42 Å². The van der Waals surface area contributed by atoms with Crippen LogP contribution < -0.4 is 10.5 Å². The highest BCUT2D eigenvalue weighted by Gasteiger charge is 2.20. The van der Waals surface area contributed by atoms with Crippen LogP contribution in [0.5, 0.6) is 0 Å². The number of nitrogen functional groups attached to an aromatic ring is 1. The molecule has 0 bridgehead atoms. The number of rotatable bonds is 4. The molecule has 3 N–H and O–H groups in total. The van der Waals surface area contributed by atoms with Crippen molar-refractivity contribution in [2.45, 2.75) is 11.3 Å². The third-order valence-electron chi connectivity index (χ3n) is 2.86. The van der Waals surface area contributed by atoms with E-state index in [-0.39, 0.29) is 10.6 Å². The number of benzene rings is 1. The summed E-state index contributed by atoms with van der Waals surface area (Å²) in [6, 6.07) is 3.42. The van der Waals surface area contributed by atoms with E-state index < -0.39 is 15.8 Å². The number of nitrogens with two attached hydrogens (primary N) is 1. The van der Waals surface area contributed by atoms with Gasteiger partial charge in [0.05, 0.1) is 10.6 Å². The molecule has 7 heteroatoms. The summed E-state index contributed by atoms with van der Waals surface area (Å²) >= 11 is 1.83. The fraction of sp³-hybridized carbons (Fsp3) is 0.455. The molecule has 1 saturated heterocycles. The van der Waals surface area contributed by atoms with Gasteiger partial charge < -0.3 is 5.73 Å². The molecule has 1 aliphatic heterocycles. The molecule has 1 unspecified atom stereocenters. The zero-order valence-corrected chi connectivity index (χ0v) is 11.4. The van der Waals surface area contributed by atoms with Gasteiger partial charge in [-0.15, -0.1) is 0 Å². The van der Waals surface area contributed by atoms with E-state index in [4.69, 9.17) is 5.73 Å². The molecule has 1 heterocycles. The summed E-state index contributed by atoms with van der Waals surface area (Å²) in [5, 5.41) is 0. The summed E-state index contributed by atoms with van der Waals surface area (Å²) in [5.41, 5.74) is 5.21. The van der Waals surface area contributed by atoms with Crippen molar-refractivity contribution in [1.82, 2.24) is 4.72 Å². The molecule has 0 saturated carbocycles. The van der Waals surface area contributed by atoms with Gasteiger partial charge in [-0.3, -0.25) is 0 Å². The number of sulfonamides is 1. The molecule has 0 aliphatic carbocycles. The van der Waals surface area contributed by atoms with E-state index in [0.717, 1.165) is 30.1 Å². The first-order chi connectivity index (χ1) is 8.49. The van der Waals surface area contributed by atoms with Crippen molar-refractivity contribution in [2.75, 3.05) is 23.8 Å². The number of nitrogens with one attached hydrogen (secondary N) is 1. The number of hydrogen-bond donors (Lipinski definition) is 2. The average Bonchev–Trinajstić information content (AvgIpc) is 2.83. The Morgan fingerprint density at radius 2 is 2.28 bits per heavy atom. The molecule has 0 radical (unpaired) electrons. The van der Waals surface area contributed by atoms with Crippen LogP contribution in [0.15, 0.2) is 23.1 Å². The highest BCUT2D eigenvalue weighted by molar-refractivity contribution is 7.99. The second kappa shape index (κ2) is 5.46. The SMILES string of the molecule is Nc1cc(S(=O)(=O)NCC2CCSC2)ccc1F. The Bertz CT molecular complexity index is 528. The standard InChI is InChI=1S/C11H15FN2O2S2/c12-10-2-1-9(5-11(10)13)18(15,16)14-6-8-3-4-17-7-8/h1-2,5,8,14H,3-4,6-7,13H2. The maximum absolute atomic E-state index is 13.0. The van der Waals surface area contributed by atoms with Crippen LogP contribution in [0, 0.1) is 11.7 Å². The molecule has 4 nitrogen and oxygen atoms in total. The summed E-state index contributed by atoms with van der Waals surface area (Å²) in [7, 11) is -3.59. The van der Waals surface area contributed by atoms with E-state index in [1.807, 2.05) is 11.8 Å². The first-order valence-corrected chi connectivity index (χ1v) is 8.25. The molecule has 1 atom stereocenters. The van der Waals surface area contributed by atoms with E-state index in [9.17, 15) is 12.8 Å². The Morgan fingerprint density at radius 3 is 2.89 bits per heavy atom. The summed E-state index contributed by atoms with van der Waals surface area (Å²) in [5.74, 6) is 1.83. The van der Waals surface area contributed by atoms with Crippen LogP contribution in [0.25, 0.3) is 0 Å². The molecular weight excluding hydrogens is 275 g/mol. The monoisotopic (exact) mass is 290 g/mol. The molecule has 1 aromatic rings. The fourth-order valence-electron chi connectivity index (χ4n) is 1.74. The van der Waals surface area contributed by atoms with Crippen molar-refractivity contribution in [2.24, 2.45) is 5.92 Å². The van der Waals surface area contributed by atoms with Crippen LogP contribution >= 0.6 is 11.8 Å². The Kier molecular flexibility index (Phi) is 4.14. The Balaban J connectivity index is 2.07.